The van der Waals surface area contributed by atoms with E-state index in [1.807, 2.05) is 12.4 Å². The van der Waals surface area contributed by atoms with Gasteiger partial charge in [0.1, 0.15) is 6.33 Å². The van der Waals surface area contributed by atoms with Gasteiger partial charge >= 0.3 is 0 Å². The molecule has 0 aromatic carbocycles. The minimum atomic E-state index is 0.709. The SMILES string of the molecule is CC1CCC1NCc1cncnc1. The lowest BCUT2D eigenvalue weighted by Gasteiger charge is -2.34. The molecule has 1 fully saturated rings. The zero-order valence-corrected chi connectivity index (χ0v) is 7.90. The maximum absolute atomic E-state index is 3.97. The zero-order valence-electron chi connectivity index (χ0n) is 7.90. The molecule has 0 bridgehead atoms. The average molecular weight is 177 g/mol. The van der Waals surface area contributed by atoms with Gasteiger partial charge in [-0.25, -0.2) is 9.97 Å². The van der Waals surface area contributed by atoms with E-state index in [0.717, 1.165) is 12.5 Å². The van der Waals surface area contributed by atoms with E-state index < -0.39 is 0 Å². The minimum Gasteiger partial charge on any atom is -0.310 e. The molecule has 0 aliphatic heterocycles. The first-order valence-electron chi connectivity index (χ1n) is 4.83. The second-order valence-corrected chi connectivity index (χ2v) is 3.79. The Balaban J connectivity index is 1.80. The quantitative estimate of drug-likeness (QED) is 0.757. The van der Waals surface area contributed by atoms with Crippen molar-refractivity contribution in [2.45, 2.75) is 32.4 Å². The Kier molecular flexibility index (Phi) is 2.54. The van der Waals surface area contributed by atoms with Crippen LogP contribution in [0.4, 0.5) is 0 Å². The van der Waals surface area contributed by atoms with Crippen molar-refractivity contribution in [2.24, 2.45) is 5.92 Å². The molecule has 1 aliphatic carbocycles. The highest BCUT2D eigenvalue weighted by Gasteiger charge is 2.25. The largest absolute Gasteiger partial charge is 0.310 e. The first-order valence-corrected chi connectivity index (χ1v) is 4.83. The smallest absolute Gasteiger partial charge is 0.115 e. The molecule has 1 aromatic heterocycles. The van der Waals surface area contributed by atoms with Gasteiger partial charge in [-0.2, -0.15) is 0 Å². The van der Waals surface area contributed by atoms with Gasteiger partial charge in [-0.15, -0.1) is 0 Å². The topological polar surface area (TPSA) is 37.8 Å². The van der Waals surface area contributed by atoms with Gasteiger partial charge in [0, 0.05) is 30.5 Å². The third-order valence-corrected chi connectivity index (χ3v) is 2.80. The fourth-order valence-corrected chi connectivity index (χ4v) is 1.64. The fraction of sp³-hybridized carbons (Fsp3) is 0.600. The van der Waals surface area contributed by atoms with Crippen molar-refractivity contribution in [1.82, 2.24) is 15.3 Å². The number of nitrogens with zero attached hydrogens (tertiary/aromatic N) is 2. The van der Waals surface area contributed by atoms with E-state index in [1.54, 1.807) is 6.33 Å². The molecule has 1 saturated carbocycles. The molecule has 0 radical (unpaired) electrons. The summed E-state index contributed by atoms with van der Waals surface area (Å²) < 4.78 is 0. The molecule has 1 aliphatic rings. The maximum atomic E-state index is 3.97. The summed E-state index contributed by atoms with van der Waals surface area (Å²) in [6, 6.07) is 0.709. The standard InChI is InChI=1S/C10H15N3/c1-8-2-3-10(8)13-6-9-4-11-7-12-5-9/h4-5,7-8,10,13H,2-3,6H2,1H3. The van der Waals surface area contributed by atoms with Gasteiger partial charge in [-0.05, 0) is 18.8 Å². The molecular formula is C10H15N3. The van der Waals surface area contributed by atoms with Gasteiger partial charge in [-0.3, -0.25) is 0 Å². The summed E-state index contributed by atoms with van der Waals surface area (Å²) in [5.41, 5.74) is 1.17. The van der Waals surface area contributed by atoms with E-state index in [2.05, 4.69) is 22.2 Å². The molecule has 3 heteroatoms. The Morgan fingerprint density at radius 2 is 2.15 bits per heavy atom. The molecule has 70 valence electrons. The van der Waals surface area contributed by atoms with E-state index >= 15 is 0 Å². The third kappa shape index (κ3) is 2.04. The van der Waals surface area contributed by atoms with E-state index in [0.29, 0.717) is 6.04 Å². The zero-order chi connectivity index (χ0) is 9.10. The van der Waals surface area contributed by atoms with Crippen molar-refractivity contribution in [3.05, 3.63) is 24.3 Å². The van der Waals surface area contributed by atoms with E-state index in [-0.39, 0.29) is 0 Å². The van der Waals surface area contributed by atoms with E-state index in [4.69, 9.17) is 0 Å². The van der Waals surface area contributed by atoms with Crippen molar-refractivity contribution < 1.29 is 0 Å². The second kappa shape index (κ2) is 3.83. The number of hydrogen-bond acceptors (Lipinski definition) is 3. The summed E-state index contributed by atoms with van der Waals surface area (Å²) in [7, 11) is 0. The number of aromatic nitrogens is 2. The summed E-state index contributed by atoms with van der Waals surface area (Å²) in [6.45, 7) is 3.19. The molecule has 13 heavy (non-hydrogen) atoms. The monoisotopic (exact) mass is 177 g/mol. The first kappa shape index (κ1) is 8.63. The molecule has 0 saturated heterocycles. The van der Waals surface area contributed by atoms with Crippen LogP contribution in [0.2, 0.25) is 0 Å². The fourth-order valence-electron chi connectivity index (χ4n) is 1.64. The van der Waals surface area contributed by atoms with Crippen LogP contribution in [0.1, 0.15) is 25.3 Å². The predicted octanol–water partition coefficient (Wildman–Crippen LogP) is 1.36. The minimum absolute atomic E-state index is 0.709. The van der Waals surface area contributed by atoms with Gasteiger partial charge < -0.3 is 5.32 Å². The third-order valence-electron chi connectivity index (χ3n) is 2.80. The molecule has 1 aromatic rings. The van der Waals surface area contributed by atoms with Crippen molar-refractivity contribution in [3.63, 3.8) is 0 Å². The summed E-state index contributed by atoms with van der Waals surface area (Å²) in [6.07, 6.45) is 7.97. The van der Waals surface area contributed by atoms with Crippen molar-refractivity contribution in [1.29, 1.82) is 0 Å². The van der Waals surface area contributed by atoms with Gasteiger partial charge in [0.05, 0.1) is 0 Å². The Labute approximate surface area is 78.6 Å². The van der Waals surface area contributed by atoms with Crippen LogP contribution in [-0.2, 0) is 6.54 Å². The van der Waals surface area contributed by atoms with Crippen LogP contribution >= 0.6 is 0 Å². The van der Waals surface area contributed by atoms with Crippen molar-refractivity contribution >= 4 is 0 Å². The molecule has 2 atom stereocenters. The Morgan fingerprint density at radius 1 is 1.38 bits per heavy atom. The molecule has 1 heterocycles. The highest BCUT2D eigenvalue weighted by Crippen LogP contribution is 2.26. The van der Waals surface area contributed by atoms with Crippen LogP contribution in [-0.4, -0.2) is 16.0 Å². The highest BCUT2D eigenvalue weighted by molar-refractivity contribution is 5.02. The lowest BCUT2D eigenvalue weighted by molar-refractivity contribution is 0.228. The molecule has 0 amide bonds. The van der Waals surface area contributed by atoms with Crippen LogP contribution in [0.15, 0.2) is 18.7 Å². The van der Waals surface area contributed by atoms with E-state index in [1.165, 1.54) is 18.4 Å². The molecule has 2 rings (SSSR count). The van der Waals surface area contributed by atoms with Gasteiger partial charge in [0.25, 0.3) is 0 Å². The normalized spacial score (nSPS) is 26.8. The first-order chi connectivity index (χ1) is 6.36. The van der Waals surface area contributed by atoms with Crippen LogP contribution in [0.3, 0.4) is 0 Å². The molecule has 0 spiro atoms. The summed E-state index contributed by atoms with van der Waals surface area (Å²) in [4.78, 5) is 7.95. The van der Waals surface area contributed by atoms with Crippen LogP contribution in [0.5, 0.6) is 0 Å². The lowest BCUT2D eigenvalue weighted by atomic mass is 9.81. The summed E-state index contributed by atoms with van der Waals surface area (Å²) in [5, 5.41) is 3.51. The Bertz CT molecular complexity index is 260. The van der Waals surface area contributed by atoms with E-state index in [9.17, 15) is 0 Å². The van der Waals surface area contributed by atoms with Crippen molar-refractivity contribution in [2.75, 3.05) is 0 Å². The van der Waals surface area contributed by atoms with Crippen LogP contribution < -0.4 is 5.32 Å². The van der Waals surface area contributed by atoms with Gasteiger partial charge in [-0.1, -0.05) is 6.92 Å². The Hall–Kier alpha value is -0.960. The maximum Gasteiger partial charge on any atom is 0.115 e. The number of hydrogen-bond donors (Lipinski definition) is 1. The van der Waals surface area contributed by atoms with Gasteiger partial charge in [0.15, 0.2) is 0 Å². The number of nitrogens with one attached hydrogen (secondary N) is 1. The molecular weight excluding hydrogens is 162 g/mol. The summed E-state index contributed by atoms with van der Waals surface area (Å²) in [5.74, 6) is 0.838. The lowest BCUT2D eigenvalue weighted by Crippen LogP contribution is -2.41. The predicted molar refractivity (Wildman–Crippen MR) is 51.1 cm³/mol. The average Bonchev–Trinajstić information content (AvgIpc) is 2.17. The van der Waals surface area contributed by atoms with Crippen LogP contribution in [0.25, 0.3) is 0 Å². The molecule has 2 unspecified atom stereocenters. The molecule has 1 N–H and O–H groups in total. The number of rotatable bonds is 3. The van der Waals surface area contributed by atoms with Crippen molar-refractivity contribution in [3.8, 4) is 0 Å². The van der Waals surface area contributed by atoms with Crippen LogP contribution in [0, 0.1) is 5.92 Å². The highest BCUT2D eigenvalue weighted by atomic mass is 14.9. The second-order valence-electron chi connectivity index (χ2n) is 3.79. The molecule has 3 nitrogen and oxygen atoms in total. The van der Waals surface area contributed by atoms with Gasteiger partial charge in [0.2, 0.25) is 0 Å². The Morgan fingerprint density at radius 3 is 2.69 bits per heavy atom. The summed E-state index contributed by atoms with van der Waals surface area (Å²) >= 11 is 0.